The predicted octanol–water partition coefficient (Wildman–Crippen LogP) is 7.16. The summed E-state index contributed by atoms with van der Waals surface area (Å²) < 4.78 is 0. The lowest BCUT2D eigenvalue weighted by atomic mass is 10.2. The normalized spacial score (nSPS) is 11.1. The van der Waals surface area contributed by atoms with Crippen molar-refractivity contribution in [3.8, 4) is 0 Å². The number of anilines is 1. The topological polar surface area (TPSA) is 48.2 Å². The number of aliphatic hydroxyl groups excluding tert-OH is 1. The first-order valence-corrected chi connectivity index (χ1v) is 10.7. The van der Waals surface area contributed by atoms with Crippen molar-refractivity contribution in [2.45, 2.75) is 53.9 Å². The second-order valence-corrected chi connectivity index (χ2v) is 7.59. The SMILES string of the molecule is C=C(N=Nc1ccc(N(CCO)CC(C)C)cc1)S/C=C\C.CCCCC. The summed E-state index contributed by atoms with van der Waals surface area (Å²) >= 11 is 1.45. The van der Waals surface area contributed by atoms with Gasteiger partial charge >= 0.3 is 0 Å². The molecule has 0 aliphatic carbocycles. The molecule has 0 saturated carbocycles. The summed E-state index contributed by atoms with van der Waals surface area (Å²) in [4.78, 5) is 2.17. The molecule has 27 heavy (non-hydrogen) atoms. The molecule has 152 valence electrons. The van der Waals surface area contributed by atoms with E-state index in [1.807, 2.05) is 42.7 Å². The maximum Gasteiger partial charge on any atom is 0.116 e. The number of allylic oxidation sites excluding steroid dienone is 1. The summed E-state index contributed by atoms with van der Waals surface area (Å²) in [7, 11) is 0. The van der Waals surface area contributed by atoms with E-state index in [9.17, 15) is 5.11 Å². The van der Waals surface area contributed by atoms with E-state index in [2.05, 4.69) is 49.4 Å². The van der Waals surface area contributed by atoms with Crippen molar-refractivity contribution in [3.63, 3.8) is 0 Å². The third-order valence-corrected chi connectivity index (χ3v) is 4.26. The Hall–Kier alpha value is -1.59. The number of aliphatic hydroxyl groups is 1. The highest BCUT2D eigenvalue weighted by atomic mass is 32.2. The van der Waals surface area contributed by atoms with Crippen molar-refractivity contribution in [1.29, 1.82) is 0 Å². The highest BCUT2D eigenvalue weighted by Crippen LogP contribution is 2.23. The second kappa shape index (κ2) is 16.6. The van der Waals surface area contributed by atoms with Crippen molar-refractivity contribution < 1.29 is 5.11 Å². The monoisotopic (exact) mass is 391 g/mol. The van der Waals surface area contributed by atoms with Crippen molar-refractivity contribution in [1.82, 2.24) is 0 Å². The first-order chi connectivity index (χ1) is 13.0. The number of hydrogen-bond acceptors (Lipinski definition) is 5. The summed E-state index contributed by atoms with van der Waals surface area (Å²) in [5.41, 5.74) is 1.88. The highest BCUT2D eigenvalue weighted by Gasteiger charge is 2.07. The molecular formula is C22H37N3OS. The Morgan fingerprint density at radius 1 is 1.22 bits per heavy atom. The van der Waals surface area contributed by atoms with Gasteiger partial charge in [0, 0.05) is 18.8 Å². The lowest BCUT2D eigenvalue weighted by molar-refractivity contribution is 0.300. The van der Waals surface area contributed by atoms with Crippen LogP contribution < -0.4 is 4.90 Å². The molecule has 0 radical (unpaired) electrons. The Labute approximate surface area is 170 Å². The number of hydrogen-bond donors (Lipinski definition) is 1. The number of azo groups is 1. The van der Waals surface area contributed by atoms with Gasteiger partial charge in [0.15, 0.2) is 0 Å². The zero-order valence-electron chi connectivity index (χ0n) is 17.7. The molecule has 0 saturated heterocycles. The standard InChI is InChI=1S/C17H25N3OS.C5H12/c1-5-12-22-15(4)18-19-16-6-8-17(9-7-16)20(10-11-21)13-14(2)3;1-3-5-4-2/h5-9,12,14,21H,4,10-11,13H2,1-3H3;3-5H2,1-2H3/b12-5-,19-18?;. The largest absolute Gasteiger partial charge is 0.395 e. The summed E-state index contributed by atoms with van der Waals surface area (Å²) in [5.74, 6) is 0.540. The van der Waals surface area contributed by atoms with Crippen LogP contribution in [0.1, 0.15) is 53.9 Å². The molecule has 0 heterocycles. The highest BCUT2D eigenvalue weighted by molar-refractivity contribution is 8.05. The summed E-state index contributed by atoms with van der Waals surface area (Å²) in [5, 5.41) is 20.0. The van der Waals surface area contributed by atoms with Gasteiger partial charge in [-0.3, -0.25) is 0 Å². The van der Waals surface area contributed by atoms with Gasteiger partial charge in [0.05, 0.1) is 12.3 Å². The Morgan fingerprint density at radius 3 is 2.30 bits per heavy atom. The number of unbranched alkanes of at least 4 members (excludes halogenated alkanes) is 2. The summed E-state index contributed by atoms with van der Waals surface area (Å²) in [6, 6.07) is 7.87. The van der Waals surface area contributed by atoms with E-state index in [1.165, 1.54) is 31.0 Å². The average Bonchev–Trinajstić information content (AvgIpc) is 2.65. The van der Waals surface area contributed by atoms with Crippen LogP contribution in [-0.2, 0) is 0 Å². The van der Waals surface area contributed by atoms with Crippen LogP contribution >= 0.6 is 11.8 Å². The van der Waals surface area contributed by atoms with Crippen molar-refractivity contribution in [3.05, 3.63) is 47.4 Å². The minimum absolute atomic E-state index is 0.149. The van der Waals surface area contributed by atoms with Crippen molar-refractivity contribution >= 4 is 23.1 Å². The van der Waals surface area contributed by atoms with Gasteiger partial charge in [-0.15, -0.1) is 5.11 Å². The molecule has 0 aliphatic rings. The second-order valence-electron chi connectivity index (χ2n) is 6.61. The summed E-state index contributed by atoms with van der Waals surface area (Å²) in [6.07, 6.45) is 6.01. The van der Waals surface area contributed by atoms with E-state index >= 15 is 0 Å². The molecule has 0 atom stereocenters. The quantitative estimate of drug-likeness (QED) is 0.407. The van der Waals surface area contributed by atoms with Gasteiger partial charge in [-0.1, -0.05) is 71.4 Å². The Bertz CT molecular complexity index is 551. The lowest BCUT2D eigenvalue weighted by Crippen LogP contribution is -2.30. The van der Waals surface area contributed by atoms with Crippen LogP contribution in [0, 0.1) is 5.92 Å². The molecule has 0 bridgehead atoms. The Balaban J connectivity index is 0.00000119. The van der Waals surface area contributed by atoms with Crippen molar-refractivity contribution in [2.24, 2.45) is 16.1 Å². The van der Waals surface area contributed by atoms with Crippen LogP contribution in [0.5, 0.6) is 0 Å². The molecule has 0 fully saturated rings. The van der Waals surface area contributed by atoms with Crippen LogP contribution in [0.25, 0.3) is 0 Å². The number of benzene rings is 1. The molecule has 4 nitrogen and oxygen atoms in total. The van der Waals surface area contributed by atoms with Crippen LogP contribution in [0.2, 0.25) is 0 Å². The van der Waals surface area contributed by atoms with Gasteiger partial charge in [-0.25, -0.2) is 0 Å². The molecule has 0 aromatic heterocycles. The maximum atomic E-state index is 9.19. The Kier molecular flexibility index (Phi) is 15.6. The predicted molar refractivity (Wildman–Crippen MR) is 122 cm³/mol. The summed E-state index contributed by atoms with van der Waals surface area (Å²) in [6.45, 7) is 16.2. The number of rotatable bonds is 11. The smallest absolute Gasteiger partial charge is 0.116 e. The minimum Gasteiger partial charge on any atom is -0.395 e. The molecular weight excluding hydrogens is 354 g/mol. The molecule has 0 amide bonds. The first-order valence-electron chi connectivity index (χ1n) is 9.82. The van der Waals surface area contributed by atoms with Crippen LogP contribution in [0.15, 0.2) is 57.6 Å². The van der Waals surface area contributed by atoms with Crippen LogP contribution in [0.3, 0.4) is 0 Å². The molecule has 0 unspecified atom stereocenters. The number of nitrogens with zero attached hydrogens (tertiary/aromatic N) is 3. The third kappa shape index (κ3) is 13.3. The number of thioether (sulfide) groups is 1. The minimum atomic E-state index is 0.149. The van der Waals surface area contributed by atoms with Crippen LogP contribution in [0.4, 0.5) is 11.4 Å². The van der Waals surface area contributed by atoms with Crippen molar-refractivity contribution in [2.75, 3.05) is 24.6 Å². The van der Waals surface area contributed by atoms with Gasteiger partial charge < -0.3 is 10.0 Å². The van der Waals surface area contributed by atoms with E-state index < -0.39 is 0 Å². The maximum absolute atomic E-state index is 9.19. The van der Waals surface area contributed by atoms with E-state index in [4.69, 9.17) is 0 Å². The van der Waals surface area contributed by atoms with Gasteiger partial charge in [0.1, 0.15) is 5.03 Å². The molecule has 0 aliphatic heterocycles. The van der Waals surface area contributed by atoms with Gasteiger partial charge in [0.25, 0.3) is 0 Å². The fraction of sp³-hybridized carbons (Fsp3) is 0.545. The molecule has 0 spiro atoms. The molecule has 1 aromatic carbocycles. The third-order valence-electron chi connectivity index (χ3n) is 3.49. The molecule has 1 N–H and O–H groups in total. The fourth-order valence-corrected chi connectivity index (χ4v) is 2.64. The zero-order valence-corrected chi connectivity index (χ0v) is 18.5. The molecule has 1 aromatic rings. The van der Waals surface area contributed by atoms with Gasteiger partial charge in [-0.05, 0) is 42.5 Å². The molecule has 5 heteroatoms. The molecule has 1 rings (SSSR count). The first kappa shape index (κ1) is 25.4. The van der Waals surface area contributed by atoms with E-state index in [0.29, 0.717) is 17.5 Å². The zero-order chi connectivity index (χ0) is 20.5. The average molecular weight is 392 g/mol. The van der Waals surface area contributed by atoms with Crippen LogP contribution in [-0.4, -0.2) is 24.8 Å². The van der Waals surface area contributed by atoms with E-state index in [0.717, 1.165) is 17.9 Å². The Morgan fingerprint density at radius 2 is 1.85 bits per heavy atom. The van der Waals surface area contributed by atoms with Gasteiger partial charge in [0.2, 0.25) is 0 Å². The lowest BCUT2D eigenvalue weighted by Gasteiger charge is -2.25. The van der Waals surface area contributed by atoms with Gasteiger partial charge in [-0.2, -0.15) is 5.11 Å². The fourth-order valence-electron chi connectivity index (χ4n) is 2.25. The van der Waals surface area contributed by atoms with E-state index in [1.54, 1.807) is 0 Å². The van der Waals surface area contributed by atoms with E-state index in [-0.39, 0.29) is 6.61 Å².